The number of carbonyl (C=O) groups excluding carboxylic acids is 1. The van der Waals surface area contributed by atoms with Gasteiger partial charge in [0.2, 0.25) is 5.91 Å². The lowest BCUT2D eigenvalue weighted by Gasteiger charge is -2.17. The van der Waals surface area contributed by atoms with E-state index >= 15 is 0 Å². The minimum absolute atomic E-state index is 0.0747. The Balaban J connectivity index is 1.85. The summed E-state index contributed by atoms with van der Waals surface area (Å²) >= 11 is 6.06. The van der Waals surface area contributed by atoms with E-state index in [1.165, 1.54) is 0 Å². The Morgan fingerprint density at radius 1 is 1.19 bits per heavy atom. The van der Waals surface area contributed by atoms with Crippen molar-refractivity contribution >= 4 is 23.2 Å². The number of benzene rings is 2. The lowest BCUT2D eigenvalue weighted by atomic mass is 9.94. The van der Waals surface area contributed by atoms with Crippen molar-refractivity contribution in [2.75, 3.05) is 5.32 Å². The molecule has 2 nitrogen and oxygen atoms in total. The van der Waals surface area contributed by atoms with Gasteiger partial charge in [0.25, 0.3) is 0 Å². The van der Waals surface area contributed by atoms with E-state index in [1.54, 1.807) is 0 Å². The Bertz CT molecular complexity index is 676. The van der Waals surface area contributed by atoms with Crippen LogP contribution in [-0.4, -0.2) is 5.91 Å². The van der Waals surface area contributed by atoms with E-state index < -0.39 is 5.41 Å². The molecule has 0 saturated heterocycles. The highest BCUT2D eigenvalue weighted by molar-refractivity contribution is 6.30. The van der Waals surface area contributed by atoms with Crippen LogP contribution >= 0.6 is 11.6 Å². The maximum Gasteiger partial charge on any atom is 0.235 e. The van der Waals surface area contributed by atoms with Crippen LogP contribution in [0.4, 0.5) is 5.69 Å². The normalized spacial score (nSPS) is 15.5. The van der Waals surface area contributed by atoms with Gasteiger partial charge in [-0.2, -0.15) is 0 Å². The summed E-state index contributed by atoms with van der Waals surface area (Å²) in [5.74, 6) is 0.0747. The van der Waals surface area contributed by atoms with Crippen LogP contribution in [0.15, 0.2) is 48.5 Å². The molecule has 2 aromatic rings. The van der Waals surface area contributed by atoms with E-state index in [1.807, 2.05) is 42.5 Å². The second kappa shape index (κ2) is 5.53. The summed E-state index contributed by atoms with van der Waals surface area (Å²) in [6, 6.07) is 15.6. The number of anilines is 1. The second-order valence-electron chi connectivity index (χ2n) is 5.56. The molecular weight excluding hydrogens is 282 g/mol. The van der Waals surface area contributed by atoms with Gasteiger partial charge in [-0.15, -0.1) is 0 Å². The standard InChI is InChI=1S/C18H18ClNO/c1-2-13-6-3-4-9-16(13)20-17(21)18(10-11-18)14-7-5-8-15(19)12-14/h3-9,12H,2,10-11H2,1H3,(H,20,21). The summed E-state index contributed by atoms with van der Waals surface area (Å²) in [5.41, 5.74) is 2.69. The Morgan fingerprint density at radius 3 is 2.62 bits per heavy atom. The number of carbonyl (C=O) groups is 1. The van der Waals surface area contributed by atoms with Gasteiger partial charge < -0.3 is 5.32 Å². The number of nitrogens with one attached hydrogen (secondary N) is 1. The topological polar surface area (TPSA) is 29.1 Å². The summed E-state index contributed by atoms with van der Waals surface area (Å²) in [4.78, 5) is 12.7. The average molecular weight is 300 g/mol. The molecule has 0 atom stereocenters. The summed E-state index contributed by atoms with van der Waals surface area (Å²) in [5, 5.41) is 3.78. The fourth-order valence-electron chi connectivity index (χ4n) is 2.75. The first-order valence-corrected chi connectivity index (χ1v) is 7.69. The molecule has 1 N–H and O–H groups in total. The van der Waals surface area contributed by atoms with Crippen LogP contribution in [0.2, 0.25) is 5.02 Å². The molecule has 1 saturated carbocycles. The molecule has 0 bridgehead atoms. The van der Waals surface area contributed by atoms with Crippen molar-refractivity contribution < 1.29 is 4.79 Å². The number of amides is 1. The van der Waals surface area contributed by atoms with Crippen LogP contribution in [0.5, 0.6) is 0 Å². The smallest absolute Gasteiger partial charge is 0.235 e. The summed E-state index contributed by atoms with van der Waals surface area (Å²) in [7, 11) is 0. The Morgan fingerprint density at radius 2 is 1.95 bits per heavy atom. The maximum atomic E-state index is 12.7. The number of para-hydroxylation sites is 1. The van der Waals surface area contributed by atoms with Gasteiger partial charge in [-0.1, -0.05) is 48.9 Å². The molecule has 0 radical (unpaired) electrons. The molecule has 2 aromatic carbocycles. The van der Waals surface area contributed by atoms with Gasteiger partial charge in [0.05, 0.1) is 5.41 Å². The fraction of sp³-hybridized carbons (Fsp3) is 0.278. The van der Waals surface area contributed by atoms with Crippen molar-refractivity contribution in [3.05, 3.63) is 64.7 Å². The number of halogens is 1. The van der Waals surface area contributed by atoms with Crippen molar-refractivity contribution in [1.82, 2.24) is 0 Å². The van der Waals surface area contributed by atoms with Gasteiger partial charge in [-0.05, 0) is 48.6 Å². The van der Waals surface area contributed by atoms with Gasteiger partial charge in [0, 0.05) is 10.7 Å². The van der Waals surface area contributed by atoms with Gasteiger partial charge >= 0.3 is 0 Å². The molecule has 0 spiro atoms. The molecule has 0 unspecified atom stereocenters. The molecule has 0 aliphatic heterocycles. The van der Waals surface area contributed by atoms with Crippen molar-refractivity contribution in [1.29, 1.82) is 0 Å². The zero-order chi connectivity index (χ0) is 14.9. The third kappa shape index (κ3) is 2.68. The summed E-state index contributed by atoms with van der Waals surface area (Å²) in [6.45, 7) is 2.09. The van der Waals surface area contributed by atoms with Gasteiger partial charge in [-0.3, -0.25) is 4.79 Å². The van der Waals surface area contributed by atoms with E-state index in [0.29, 0.717) is 5.02 Å². The lowest BCUT2D eigenvalue weighted by molar-refractivity contribution is -0.118. The monoisotopic (exact) mass is 299 g/mol. The minimum atomic E-state index is -0.397. The predicted molar refractivity (Wildman–Crippen MR) is 86.8 cm³/mol. The molecular formula is C18H18ClNO. The molecule has 21 heavy (non-hydrogen) atoms. The van der Waals surface area contributed by atoms with E-state index in [2.05, 4.69) is 18.3 Å². The molecule has 1 aliphatic rings. The highest BCUT2D eigenvalue weighted by atomic mass is 35.5. The molecule has 108 valence electrons. The van der Waals surface area contributed by atoms with Crippen molar-refractivity contribution in [2.24, 2.45) is 0 Å². The summed E-state index contributed by atoms with van der Waals surface area (Å²) in [6.07, 6.45) is 2.67. The van der Waals surface area contributed by atoms with Gasteiger partial charge in [-0.25, -0.2) is 0 Å². The first-order chi connectivity index (χ1) is 10.2. The minimum Gasteiger partial charge on any atom is -0.325 e. The first-order valence-electron chi connectivity index (χ1n) is 7.31. The van der Waals surface area contributed by atoms with E-state index in [9.17, 15) is 4.79 Å². The lowest BCUT2D eigenvalue weighted by Crippen LogP contribution is -2.28. The van der Waals surface area contributed by atoms with Crippen LogP contribution in [0.25, 0.3) is 0 Å². The van der Waals surface area contributed by atoms with E-state index in [-0.39, 0.29) is 5.91 Å². The SMILES string of the molecule is CCc1ccccc1NC(=O)C1(c2cccc(Cl)c2)CC1. The molecule has 1 aliphatic carbocycles. The molecule has 1 fully saturated rings. The van der Waals surface area contributed by atoms with Crippen LogP contribution in [0.1, 0.15) is 30.9 Å². The Labute approximate surface area is 130 Å². The van der Waals surface area contributed by atoms with Crippen molar-refractivity contribution in [2.45, 2.75) is 31.6 Å². The highest BCUT2D eigenvalue weighted by Crippen LogP contribution is 2.49. The maximum absolute atomic E-state index is 12.7. The molecule has 3 heteroatoms. The Hall–Kier alpha value is -1.80. The molecule has 1 amide bonds. The van der Waals surface area contributed by atoms with Crippen molar-refractivity contribution in [3.63, 3.8) is 0 Å². The highest BCUT2D eigenvalue weighted by Gasteiger charge is 2.51. The molecule has 3 rings (SSSR count). The average Bonchev–Trinajstić information content (AvgIpc) is 3.29. The van der Waals surface area contributed by atoms with Gasteiger partial charge in [0.15, 0.2) is 0 Å². The predicted octanol–water partition coefficient (Wildman–Crippen LogP) is 4.57. The molecule has 0 aromatic heterocycles. The third-order valence-electron chi connectivity index (χ3n) is 4.21. The van der Waals surface area contributed by atoms with Crippen LogP contribution < -0.4 is 5.32 Å². The van der Waals surface area contributed by atoms with Crippen LogP contribution in [-0.2, 0) is 16.6 Å². The van der Waals surface area contributed by atoms with Crippen LogP contribution in [0, 0.1) is 0 Å². The number of hydrogen-bond acceptors (Lipinski definition) is 1. The Kier molecular flexibility index (Phi) is 3.73. The number of rotatable bonds is 4. The fourth-order valence-corrected chi connectivity index (χ4v) is 2.94. The van der Waals surface area contributed by atoms with E-state index in [0.717, 1.165) is 36.1 Å². The van der Waals surface area contributed by atoms with Crippen LogP contribution in [0.3, 0.4) is 0 Å². The molecule has 0 heterocycles. The largest absolute Gasteiger partial charge is 0.325 e. The zero-order valence-electron chi connectivity index (χ0n) is 12.0. The number of hydrogen-bond donors (Lipinski definition) is 1. The second-order valence-corrected chi connectivity index (χ2v) is 5.99. The third-order valence-corrected chi connectivity index (χ3v) is 4.44. The number of aryl methyl sites for hydroxylation is 1. The van der Waals surface area contributed by atoms with Gasteiger partial charge in [0.1, 0.15) is 0 Å². The van der Waals surface area contributed by atoms with Crippen molar-refractivity contribution in [3.8, 4) is 0 Å². The first kappa shape index (κ1) is 14.2. The zero-order valence-corrected chi connectivity index (χ0v) is 12.8. The quantitative estimate of drug-likeness (QED) is 0.880. The van der Waals surface area contributed by atoms with E-state index in [4.69, 9.17) is 11.6 Å². The summed E-state index contributed by atoms with van der Waals surface area (Å²) < 4.78 is 0.